The predicted octanol–water partition coefficient (Wildman–Crippen LogP) is 0.908. The summed E-state index contributed by atoms with van der Waals surface area (Å²) in [7, 11) is -3.70. The molecule has 6 nitrogen and oxygen atoms in total. The molecule has 3 rings (SSSR count). The van der Waals surface area contributed by atoms with E-state index >= 15 is 0 Å². The van der Waals surface area contributed by atoms with E-state index in [-0.39, 0.29) is 17.3 Å². The highest BCUT2D eigenvalue weighted by Gasteiger charge is 2.31. The number of hydrogen-bond donors (Lipinski definition) is 1. The van der Waals surface area contributed by atoms with E-state index in [2.05, 4.69) is 15.5 Å². The smallest absolute Gasteiger partial charge is 0.253 e. The van der Waals surface area contributed by atoms with Crippen molar-refractivity contribution < 1.29 is 13.2 Å². The second kappa shape index (κ2) is 7.56. The second-order valence-electron chi connectivity index (χ2n) is 6.49. The first-order valence-corrected chi connectivity index (χ1v) is 10.1. The summed E-state index contributed by atoms with van der Waals surface area (Å²) >= 11 is 0. The number of hydrogen-bond acceptors (Lipinski definition) is 4. The Balaban J connectivity index is 1.78. The van der Waals surface area contributed by atoms with Gasteiger partial charge in [0.05, 0.1) is 11.4 Å². The minimum Gasteiger partial charge on any atom is -0.337 e. The van der Waals surface area contributed by atoms with Crippen LogP contribution in [0.5, 0.6) is 0 Å². The molecule has 0 spiro atoms. The van der Waals surface area contributed by atoms with Crippen molar-refractivity contribution >= 4 is 15.9 Å². The summed E-state index contributed by atoms with van der Waals surface area (Å²) in [6, 6.07) is 6.59. The molecule has 0 unspecified atom stereocenters. The molecule has 2 saturated heterocycles. The van der Waals surface area contributed by atoms with E-state index in [1.54, 1.807) is 12.1 Å². The Morgan fingerprint density at radius 1 is 1.28 bits per heavy atom. The zero-order valence-electron chi connectivity index (χ0n) is 14.1. The summed E-state index contributed by atoms with van der Waals surface area (Å²) in [6.45, 7) is 3.48. The van der Waals surface area contributed by atoms with Crippen LogP contribution in [-0.2, 0) is 10.0 Å². The standard InChI is InChI=1S/C18H23N3O3S/c1-2-9-19-25(23,24)17-8-3-6-15(13-17)18(22)21-12-5-11-20-10-4-7-16(20)14-21/h1,3,6,8,13,16,19H,4-5,7,9-12,14H2/t16-/m1/s1. The molecule has 2 aliphatic rings. The molecule has 1 N–H and O–H groups in total. The number of sulfonamides is 1. The molecule has 0 aromatic heterocycles. The zero-order valence-corrected chi connectivity index (χ0v) is 15.0. The van der Waals surface area contributed by atoms with Crippen LogP contribution in [0.2, 0.25) is 0 Å². The van der Waals surface area contributed by atoms with Crippen LogP contribution in [-0.4, -0.2) is 62.9 Å². The van der Waals surface area contributed by atoms with Crippen molar-refractivity contribution in [3.05, 3.63) is 29.8 Å². The molecule has 7 heteroatoms. The van der Waals surface area contributed by atoms with Gasteiger partial charge >= 0.3 is 0 Å². The molecule has 1 atom stereocenters. The molecule has 0 radical (unpaired) electrons. The van der Waals surface area contributed by atoms with Crippen molar-refractivity contribution in [2.75, 3.05) is 32.7 Å². The lowest BCUT2D eigenvalue weighted by atomic mass is 10.1. The fourth-order valence-corrected chi connectivity index (χ4v) is 4.57. The number of nitrogens with zero attached hydrogens (tertiary/aromatic N) is 2. The number of terminal acetylenes is 1. The summed E-state index contributed by atoms with van der Waals surface area (Å²) in [6.07, 6.45) is 8.35. The van der Waals surface area contributed by atoms with Gasteiger partial charge in [0, 0.05) is 31.2 Å². The normalized spacial score (nSPS) is 21.4. The van der Waals surface area contributed by atoms with E-state index in [9.17, 15) is 13.2 Å². The number of carbonyl (C=O) groups excluding carboxylic acids is 1. The monoisotopic (exact) mass is 361 g/mol. The predicted molar refractivity (Wildman–Crippen MR) is 95.6 cm³/mol. The van der Waals surface area contributed by atoms with Gasteiger partial charge in [0.2, 0.25) is 10.0 Å². The molecule has 1 aromatic rings. The van der Waals surface area contributed by atoms with Crippen molar-refractivity contribution in [3.63, 3.8) is 0 Å². The Hall–Kier alpha value is -1.88. The van der Waals surface area contributed by atoms with E-state index < -0.39 is 10.0 Å². The van der Waals surface area contributed by atoms with Gasteiger partial charge in [-0.05, 0) is 44.0 Å². The number of amides is 1. The van der Waals surface area contributed by atoms with E-state index in [1.165, 1.54) is 18.6 Å². The molecule has 2 aliphatic heterocycles. The van der Waals surface area contributed by atoms with Gasteiger partial charge in [-0.2, -0.15) is 4.72 Å². The van der Waals surface area contributed by atoms with Crippen LogP contribution in [0.3, 0.4) is 0 Å². The third kappa shape index (κ3) is 4.03. The summed E-state index contributed by atoms with van der Waals surface area (Å²) in [5.74, 6) is 2.13. The van der Waals surface area contributed by atoms with Gasteiger partial charge in [-0.1, -0.05) is 12.0 Å². The third-order valence-corrected chi connectivity index (χ3v) is 6.25. The van der Waals surface area contributed by atoms with Crippen molar-refractivity contribution in [1.82, 2.24) is 14.5 Å². The third-order valence-electron chi connectivity index (χ3n) is 4.85. The lowest BCUT2D eigenvalue weighted by molar-refractivity contribution is 0.0743. The van der Waals surface area contributed by atoms with Gasteiger partial charge in [0.25, 0.3) is 5.91 Å². The first-order valence-electron chi connectivity index (χ1n) is 8.58. The SMILES string of the molecule is C#CCNS(=O)(=O)c1cccc(C(=O)N2CCCN3CCC[C@@H]3C2)c1. The minimum atomic E-state index is -3.70. The minimum absolute atomic E-state index is 0.0610. The first kappa shape index (κ1) is 17.9. The second-order valence-corrected chi connectivity index (χ2v) is 8.26. The fourth-order valence-electron chi connectivity index (χ4n) is 3.59. The van der Waals surface area contributed by atoms with Crippen molar-refractivity contribution in [2.45, 2.75) is 30.2 Å². The number of carbonyl (C=O) groups is 1. The Bertz CT molecular complexity index is 785. The zero-order chi connectivity index (χ0) is 17.9. The number of benzene rings is 1. The van der Waals surface area contributed by atoms with Crippen LogP contribution in [0, 0.1) is 12.3 Å². The maximum absolute atomic E-state index is 12.9. The Labute approximate surface area is 149 Å². The molecule has 2 heterocycles. The van der Waals surface area contributed by atoms with Crippen molar-refractivity contribution in [1.29, 1.82) is 0 Å². The van der Waals surface area contributed by atoms with E-state index in [1.807, 2.05) is 4.90 Å². The van der Waals surface area contributed by atoms with Crippen LogP contribution in [0.25, 0.3) is 0 Å². The molecule has 0 saturated carbocycles. The van der Waals surface area contributed by atoms with Crippen LogP contribution in [0.4, 0.5) is 0 Å². The lowest BCUT2D eigenvalue weighted by Crippen LogP contribution is -2.39. The van der Waals surface area contributed by atoms with Crippen molar-refractivity contribution in [2.24, 2.45) is 0 Å². The summed E-state index contributed by atoms with van der Waals surface area (Å²) in [5.41, 5.74) is 0.398. The van der Waals surface area contributed by atoms with Gasteiger partial charge in [0.15, 0.2) is 0 Å². The van der Waals surface area contributed by atoms with Crippen molar-refractivity contribution in [3.8, 4) is 12.3 Å². The van der Waals surface area contributed by atoms with Crippen LogP contribution in [0.1, 0.15) is 29.6 Å². The van der Waals surface area contributed by atoms with Gasteiger partial charge < -0.3 is 4.90 Å². The molecule has 1 amide bonds. The largest absolute Gasteiger partial charge is 0.337 e. The van der Waals surface area contributed by atoms with E-state index in [0.717, 1.165) is 25.9 Å². The first-order chi connectivity index (χ1) is 12.0. The summed E-state index contributed by atoms with van der Waals surface area (Å²) in [4.78, 5) is 17.3. The Morgan fingerprint density at radius 2 is 2.08 bits per heavy atom. The maximum Gasteiger partial charge on any atom is 0.253 e. The molecule has 0 aliphatic carbocycles. The highest BCUT2D eigenvalue weighted by molar-refractivity contribution is 7.89. The Morgan fingerprint density at radius 3 is 2.88 bits per heavy atom. The topological polar surface area (TPSA) is 69.7 Å². The van der Waals surface area contributed by atoms with Gasteiger partial charge in [-0.15, -0.1) is 6.42 Å². The van der Waals surface area contributed by atoms with Gasteiger partial charge in [0.1, 0.15) is 0 Å². The van der Waals surface area contributed by atoms with Gasteiger partial charge in [-0.25, -0.2) is 8.42 Å². The highest BCUT2D eigenvalue weighted by atomic mass is 32.2. The molecule has 25 heavy (non-hydrogen) atoms. The molecular weight excluding hydrogens is 338 g/mol. The Kier molecular flexibility index (Phi) is 5.42. The summed E-state index contributed by atoms with van der Waals surface area (Å²) in [5, 5.41) is 0. The quantitative estimate of drug-likeness (QED) is 0.810. The van der Waals surface area contributed by atoms with Crippen LogP contribution >= 0.6 is 0 Å². The fraction of sp³-hybridized carbons (Fsp3) is 0.500. The molecule has 134 valence electrons. The average Bonchev–Trinajstić information content (AvgIpc) is 2.96. The van der Waals surface area contributed by atoms with Gasteiger partial charge in [-0.3, -0.25) is 9.69 Å². The van der Waals surface area contributed by atoms with E-state index in [0.29, 0.717) is 24.7 Å². The molecule has 1 aromatic carbocycles. The van der Waals surface area contributed by atoms with Crippen LogP contribution in [0.15, 0.2) is 29.2 Å². The maximum atomic E-state index is 12.9. The molecular formula is C18H23N3O3S. The number of rotatable bonds is 4. The number of nitrogens with one attached hydrogen (secondary N) is 1. The lowest BCUT2D eigenvalue weighted by Gasteiger charge is -2.25. The highest BCUT2D eigenvalue weighted by Crippen LogP contribution is 2.23. The number of fused-ring (bicyclic) bond motifs is 1. The molecule has 2 fully saturated rings. The van der Waals surface area contributed by atoms with E-state index in [4.69, 9.17) is 6.42 Å². The summed E-state index contributed by atoms with van der Waals surface area (Å²) < 4.78 is 26.7. The molecule has 0 bridgehead atoms. The average molecular weight is 361 g/mol. The van der Waals surface area contributed by atoms with Crippen LogP contribution < -0.4 is 4.72 Å².